The first-order chi connectivity index (χ1) is 8.04. The molecule has 0 fully saturated rings. The van der Waals surface area contributed by atoms with Crippen molar-refractivity contribution < 1.29 is 9.53 Å². The first-order valence-corrected chi connectivity index (χ1v) is 6.32. The Hall–Kier alpha value is -1.10. The zero-order chi connectivity index (χ0) is 12.8. The maximum absolute atomic E-state index is 11.2. The van der Waals surface area contributed by atoms with E-state index >= 15 is 0 Å². The van der Waals surface area contributed by atoms with Gasteiger partial charge in [-0.2, -0.15) is 0 Å². The minimum Gasteiger partial charge on any atom is -0.466 e. The monoisotopic (exact) mass is 300 g/mol. The highest BCUT2D eigenvalue weighted by Gasteiger charge is 2.07. The van der Waals surface area contributed by atoms with Crippen LogP contribution in [-0.4, -0.2) is 31.2 Å². The van der Waals surface area contributed by atoms with Crippen LogP contribution in [0.25, 0.3) is 0 Å². The molecule has 0 bridgehead atoms. The molecule has 0 amide bonds. The summed E-state index contributed by atoms with van der Waals surface area (Å²) in [5.74, 6) is 0.684. The fourth-order valence-corrected chi connectivity index (χ4v) is 1.56. The van der Waals surface area contributed by atoms with Crippen LogP contribution in [0.15, 0.2) is 16.7 Å². The van der Waals surface area contributed by atoms with Crippen LogP contribution in [0, 0.1) is 6.92 Å². The van der Waals surface area contributed by atoms with Crippen molar-refractivity contribution in [3.63, 3.8) is 0 Å². The van der Waals surface area contributed by atoms with Crippen molar-refractivity contribution in [1.82, 2.24) is 4.98 Å². The van der Waals surface area contributed by atoms with Crippen molar-refractivity contribution in [3.05, 3.63) is 22.3 Å². The van der Waals surface area contributed by atoms with Gasteiger partial charge in [-0.1, -0.05) is 0 Å². The third-order valence-electron chi connectivity index (χ3n) is 2.38. The van der Waals surface area contributed by atoms with Crippen LogP contribution in [0.5, 0.6) is 0 Å². The van der Waals surface area contributed by atoms with Gasteiger partial charge in [0.2, 0.25) is 0 Å². The van der Waals surface area contributed by atoms with Crippen LogP contribution in [0.2, 0.25) is 0 Å². The van der Waals surface area contributed by atoms with Crippen LogP contribution >= 0.6 is 15.9 Å². The van der Waals surface area contributed by atoms with Gasteiger partial charge in [0.05, 0.1) is 13.0 Å². The smallest absolute Gasteiger partial charge is 0.307 e. The number of carbonyl (C=O) groups is 1. The molecule has 1 rings (SSSR count). The summed E-state index contributed by atoms with van der Waals surface area (Å²) in [5, 5.41) is 0. The highest BCUT2D eigenvalue weighted by molar-refractivity contribution is 9.10. The fraction of sp³-hybridized carbons (Fsp3) is 0.500. The molecule has 94 valence electrons. The number of ether oxygens (including phenoxy) is 1. The van der Waals surface area contributed by atoms with E-state index < -0.39 is 0 Å². The molecule has 17 heavy (non-hydrogen) atoms. The number of pyridine rings is 1. The van der Waals surface area contributed by atoms with Gasteiger partial charge in [0, 0.05) is 24.3 Å². The van der Waals surface area contributed by atoms with Gasteiger partial charge in [-0.05, 0) is 41.4 Å². The predicted octanol–water partition coefficient (Wildman–Crippen LogP) is 2.54. The van der Waals surface area contributed by atoms with E-state index in [0.717, 1.165) is 15.9 Å². The minimum absolute atomic E-state index is 0.173. The van der Waals surface area contributed by atoms with Crippen molar-refractivity contribution in [2.75, 3.05) is 25.1 Å². The number of hydrogen-bond acceptors (Lipinski definition) is 4. The van der Waals surface area contributed by atoms with E-state index in [1.54, 1.807) is 13.1 Å². The molecule has 4 nitrogen and oxygen atoms in total. The Morgan fingerprint density at radius 3 is 2.88 bits per heavy atom. The van der Waals surface area contributed by atoms with Crippen LogP contribution in [-0.2, 0) is 9.53 Å². The Balaban J connectivity index is 2.54. The molecule has 0 aliphatic carbocycles. The van der Waals surface area contributed by atoms with Crippen molar-refractivity contribution in [3.8, 4) is 0 Å². The van der Waals surface area contributed by atoms with Crippen LogP contribution in [0.3, 0.4) is 0 Å². The molecule has 0 unspecified atom stereocenters. The summed E-state index contributed by atoms with van der Waals surface area (Å²) in [7, 11) is 1.91. The van der Waals surface area contributed by atoms with Gasteiger partial charge in [-0.25, -0.2) is 4.98 Å². The number of aryl methyl sites for hydroxylation is 1. The number of rotatable bonds is 5. The lowest BCUT2D eigenvalue weighted by Crippen LogP contribution is -2.23. The summed E-state index contributed by atoms with van der Waals surface area (Å²) in [6.07, 6.45) is 2.15. The minimum atomic E-state index is -0.173. The second-order valence-electron chi connectivity index (χ2n) is 3.77. The van der Waals surface area contributed by atoms with Gasteiger partial charge in [-0.3, -0.25) is 4.79 Å². The van der Waals surface area contributed by atoms with Gasteiger partial charge in [0.25, 0.3) is 0 Å². The molecule has 1 aromatic heterocycles. The molecule has 0 saturated heterocycles. The number of nitrogens with zero attached hydrogens (tertiary/aromatic N) is 2. The Kier molecular flexibility index (Phi) is 5.41. The Morgan fingerprint density at radius 2 is 2.29 bits per heavy atom. The molecule has 0 aliphatic rings. The number of halogens is 1. The van der Waals surface area contributed by atoms with E-state index in [1.807, 2.05) is 24.9 Å². The normalized spacial score (nSPS) is 10.1. The lowest BCUT2D eigenvalue weighted by molar-refractivity contribution is -0.142. The van der Waals surface area contributed by atoms with Gasteiger partial charge in [0.1, 0.15) is 5.82 Å². The zero-order valence-corrected chi connectivity index (χ0v) is 12.0. The molecule has 0 aromatic carbocycles. The van der Waals surface area contributed by atoms with E-state index in [4.69, 9.17) is 4.74 Å². The summed E-state index contributed by atoms with van der Waals surface area (Å²) in [6.45, 7) is 4.85. The SMILES string of the molecule is CCOC(=O)CCN(C)c1cc(C)c(Br)cn1. The molecule has 0 atom stereocenters. The summed E-state index contributed by atoms with van der Waals surface area (Å²) < 4.78 is 5.86. The van der Waals surface area contributed by atoms with E-state index in [-0.39, 0.29) is 5.97 Å². The average Bonchev–Trinajstić information content (AvgIpc) is 2.30. The summed E-state index contributed by atoms with van der Waals surface area (Å²) in [6, 6.07) is 1.98. The maximum Gasteiger partial charge on any atom is 0.307 e. The van der Waals surface area contributed by atoms with Crippen molar-refractivity contribution in [2.45, 2.75) is 20.3 Å². The number of anilines is 1. The number of esters is 1. The van der Waals surface area contributed by atoms with Crippen molar-refractivity contribution in [1.29, 1.82) is 0 Å². The summed E-state index contributed by atoms with van der Waals surface area (Å²) in [4.78, 5) is 17.5. The van der Waals surface area contributed by atoms with Gasteiger partial charge >= 0.3 is 5.97 Å². The third-order valence-corrected chi connectivity index (χ3v) is 3.21. The van der Waals surface area contributed by atoms with Crippen LogP contribution in [0.1, 0.15) is 18.9 Å². The highest BCUT2D eigenvalue weighted by atomic mass is 79.9. The van der Waals surface area contributed by atoms with Gasteiger partial charge in [0.15, 0.2) is 0 Å². The number of aromatic nitrogens is 1. The Labute approximate surface area is 110 Å². The molecule has 0 N–H and O–H groups in total. The summed E-state index contributed by atoms with van der Waals surface area (Å²) in [5.41, 5.74) is 1.12. The first kappa shape index (κ1) is 14.0. The Morgan fingerprint density at radius 1 is 1.59 bits per heavy atom. The largest absolute Gasteiger partial charge is 0.466 e. The second kappa shape index (κ2) is 6.59. The molecule has 0 spiro atoms. The highest BCUT2D eigenvalue weighted by Crippen LogP contribution is 2.19. The summed E-state index contributed by atoms with van der Waals surface area (Å²) >= 11 is 3.41. The van der Waals surface area contributed by atoms with Gasteiger partial charge < -0.3 is 9.64 Å². The lowest BCUT2D eigenvalue weighted by atomic mass is 10.3. The molecular formula is C12H17BrN2O2. The fourth-order valence-electron chi connectivity index (χ4n) is 1.34. The molecule has 1 heterocycles. The average molecular weight is 301 g/mol. The Bertz CT molecular complexity index is 396. The third kappa shape index (κ3) is 4.34. The second-order valence-corrected chi connectivity index (χ2v) is 4.62. The molecule has 0 aliphatic heterocycles. The van der Waals surface area contributed by atoms with E-state index in [0.29, 0.717) is 19.6 Å². The van der Waals surface area contributed by atoms with Crippen molar-refractivity contribution in [2.24, 2.45) is 0 Å². The van der Waals surface area contributed by atoms with E-state index in [2.05, 4.69) is 20.9 Å². The quantitative estimate of drug-likeness (QED) is 0.784. The standard InChI is InChI=1S/C12H17BrN2O2/c1-4-17-12(16)5-6-15(3)11-7-9(2)10(13)8-14-11/h7-8H,4-6H2,1-3H3. The van der Waals surface area contributed by atoms with Gasteiger partial charge in [-0.15, -0.1) is 0 Å². The number of hydrogen-bond donors (Lipinski definition) is 0. The molecular weight excluding hydrogens is 284 g/mol. The van der Waals surface area contributed by atoms with E-state index in [9.17, 15) is 4.79 Å². The van der Waals surface area contributed by atoms with E-state index in [1.165, 1.54) is 0 Å². The first-order valence-electron chi connectivity index (χ1n) is 5.53. The molecule has 5 heteroatoms. The topological polar surface area (TPSA) is 42.4 Å². The lowest BCUT2D eigenvalue weighted by Gasteiger charge is -2.18. The molecule has 0 saturated carbocycles. The zero-order valence-electron chi connectivity index (χ0n) is 10.4. The molecule has 0 radical (unpaired) electrons. The maximum atomic E-state index is 11.2. The van der Waals surface area contributed by atoms with Crippen LogP contribution < -0.4 is 4.90 Å². The molecule has 1 aromatic rings. The number of carbonyl (C=O) groups excluding carboxylic acids is 1. The van der Waals surface area contributed by atoms with Crippen LogP contribution in [0.4, 0.5) is 5.82 Å². The van der Waals surface area contributed by atoms with Crippen molar-refractivity contribution >= 4 is 27.7 Å². The predicted molar refractivity (Wildman–Crippen MR) is 71.2 cm³/mol.